The van der Waals surface area contributed by atoms with Crippen LogP contribution >= 0.6 is 0 Å². The van der Waals surface area contributed by atoms with Gasteiger partial charge in [-0.05, 0) is 67.3 Å². The van der Waals surface area contributed by atoms with Gasteiger partial charge in [-0.3, -0.25) is 4.79 Å². The standard InChI is InChI=1S/C32H45BN4O4/c1-30(2,3)19-24(34-7)28(38)37-15-11-14-23(37)20-35-29(39)36-27(16-21-12-9-8-10-13-21)33-40-26-18-22-17-25(31(22,4)5)32(26,6)41-33/h8-10,12-13,19,22-23,25-27H,11,14-18,20H2,1-6H3,(H2,35,36,39)/t22-,23-,25-,26+,27-,32-/m0/s1. The van der Waals surface area contributed by atoms with Crippen LogP contribution < -0.4 is 10.6 Å². The molecule has 6 atom stereocenters. The molecule has 3 aliphatic carbocycles. The fourth-order valence-electron chi connectivity index (χ4n) is 7.60. The summed E-state index contributed by atoms with van der Waals surface area (Å²) in [5.74, 6) is 0.459. The first-order chi connectivity index (χ1) is 19.3. The minimum absolute atomic E-state index is 0.0308. The van der Waals surface area contributed by atoms with Gasteiger partial charge in [-0.15, -0.1) is 0 Å². The molecule has 2 N–H and O–H groups in total. The Morgan fingerprint density at radius 3 is 2.61 bits per heavy atom. The minimum atomic E-state index is -0.542. The smallest absolute Gasteiger partial charge is 0.404 e. The Balaban J connectivity index is 1.24. The van der Waals surface area contributed by atoms with E-state index in [1.165, 1.54) is 6.42 Å². The van der Waals surface area contributed by atoms with Gasteiger partial charge in [0.2, 0.25) is 5.70 Å². The van der Waals surface area contributed by atoms with Crippen molar-refractivity contribution in [3.05, 3.63) is 59.1 Å². The van der Waals surface area contributed by atoms with Gasteiger partial charge >= 0.3 is 13.1 Å². The number of amides is 3. The molecule has 2 bridgehead atoms. The van der Waals surface area contributed by atoms with E-state index in [1.807, 2.05) is 39.0 Å². The Hall–Kier alpha value is -2.83. The summed E-state index contributed by atoms with van der Waals surface area (Å²) < 4.78 is 13.3. The number of urea groups is 1. The maximum absolute atomic E-state index is 13.3. The van der Waals surface area contributed by atoms with Gasteiger partial charge in [-0.25, -0.2) is 9.64 Å². The van der Waals surface area contributed by atoms with E-state index in [-0.39, 0.29) is 52.2 Å². The quantitative estimate of drug-likeness (QED) is 0.279. The van der Waals surface area contributed by atoms with Gasteiger partial charge in [0.1, 0.15) is 0 Å². The molecule has 41 heavy (non-hydrogen) atoms. The lowest BCUT2D eigenvalue weighted by molar-refractivity contribution is -0.199. The summed E-state index contributed by atoms with van der Waals surface area (Å²) in [7, 11) is -0.542. The van der Waals surface area contributed by atoms with Crippen LogP contribution in [-0.2, 0) is 20.5 Å². The highest BCUT2D eigenvalue weighted by molar-refractivity contribution is 6.48. The number of rotatable bonds is 7. The Morgan fingerprint density at radius 2 is 1.95 bits per heavy atom. The number of likely N-dealkylation sites (tertiary alicyclic amines) is 1. The van der Waals surface area contributed by atoms with Gasteiger partial charge in [0.25, 0.3) is 5.91 Å². The minimum Gasteiger partial charge on any atom is -0.404 e. The molecule has 0 unspecified atom stereocenters. The van der Waals surface area contributed by atoms with Crippen LogP contribution in [0.3, 0.4) is 0 Å². The molecular weight excluding hydrogens is 515 g/mol. The molecular formula is C32H45BN4O4. The lowest BCUT2D eigenvalue weighted by atomic mass is 9.43. The van der Waals surface area contributed by atoms with Crippen molar-refractivity contribution in [3.63, 3.8) is 0 Å². The van der Waals surface area contributed by atoms with Crippen LogP contribution in [0, 0.1) is 29.2 Å². The normalized spacial score (nSPS) is 31.1. The number of carbonyl (C=O) groups is 2. The van der Waals surface area contributed by atoms with Crippen molar-refractivity contribution in [2.75, 3.05) is 13.1 Å². The van der Waals surface area contributed by atoms with Gasteiger partial charge < -0.3 is 24.8 Å². The third kappa shape index (κ3) is 5.92. The summed E-state index contributed by atoms with van der Waals surface area (Å²) in [4.78, 5) is 31.7. The zero-order chi connectivity index (χ0) is 29.6. The largest absolute Gasteiger partial charge is 0.482 e. The van der Waals surface area contributed by atoms with E-state index in [9.17, 15) is 9.59 Å². The number of hydrogen-bond donors (Lipinski definition) is 2. The van der Waals surface area contributed by atoms with Crippen LogP contribution in [0.5, 0.6) is 0 Å². The Bertz CT molecular complexity index is 1220. The van der Waals surface area contributed by atoms with Crippen LogP contribution in [-0.4, -0.2) is 60.7 Å². The molecule has 2 heterocycles. The molecule has 220 valence electrons. The summed E-state index contributed by atoms with van der Waals surface area (Å²) in [6, 6.07) is 9.63. The van der Waals surface area contributed by atoms with Crippen LogP contribution in [0.4, 0.5) is 4.79 Å². The maximum atomic E-state index is 13.3. The first-order valence-corrected chi connectivity index (χ1v) is 15.1. The van der Waals surface area contributed by atoms with Crippen molar-refractivity contribution in [1.29, 1.82) is 0 Å². The maximum Gasteiger partial charge on any atom is 0.482 e. The van der Waals surface area contributed by atoms with E-state index < -0.39 is 7.12 Å². The number of nitrogens with one attached hydrogen (secondary N) is 2. The fraction of sp³-hybridized carbons (Fsp3) is 0.656. The molecule has 0 aromatic heterocycles. The van der Waals surface area contributed by atoms with Crippen LogP contribution in [0.15, 0.2) is 42.1 Å². The monoisotopic (exact) mass is 560 g/mol. The molecule has 2 aliphatic heterocycles. The summed E-state index contributed by atoms with van der Waals surface area (Å²) >= 11 is 0. The molecule has 3 saturated carbocycles. The van der Waals surface area contributed by atoms with Gasteiger partial charge in [0.15, 0.2) is 0 Å². The van der Waals surface area contributed by atoms with E-state index in [1.54, 1.807) is 11.0 Å². The van der Waals surface area contributed by atoms with Gasteiger partial charge in [0, 0.05) is 19.1 Å². The topological polar surface area (TPSA) is 84.3 Å². The van der Waals surface area contributed by atoms with E-state index in [0.717, 1.165) is 24.8 Å². The molecule has 1 aromatic carbocycles. The highest BCUT2D eigenvalue weighted by atomic mass is 16.7. The number of allylic oxidation sites excluding steroid dienone is 1. The predicted octanol–water partition coefficient (Wildman–Crippen LogP) is 5.00. The second kappa shape index (κ2) is 11.1. The molecule has 0 radical (unpaired) electrons. The second-order valence-corrected chi connectivity index (χ2v) is 14.3. The lowest BCUT2D eigenvalue weighted by Crippen LogP contribution is -2.65. The highest BCUT2D eigenvalue weighted by Gasteiger charge is 2.68. The third-order valence-corrected chi connectivity index (χ3v) is 9.96. The highest BCUT2D eigenvalue weighted by Crippen LogP contribution is 2.65. The average Bonchev–Trinajstić information content (AvgIpc) is 3.53. The molecule has 5 aliphatic rings. The Kier molecular flexibility index (Phi) is 8.04. The molecule has 1 aromatic rings. The van der Waals surface area contributed by atoms with Gasteiger partial charge in [-0.1, -0.05) is 71.0 Å². The number of hydrogen-bond acceptors (Lipinski definition) is 4. The Labute approximate surface area is 245 Å². The molecule has 3 amide bonds. The van der Waals surface area contributed by atoms with Crippen LogP contribution in [0.1, 0.15) is 72.8 Å². The molecule has 9 heteroatoms. The zero-order valence-electron chi connectivity index (χ0n) is 25.4. The molecule has 2 saturated heterocycles. The van der Waals surface area contributed by atoms with Crippen molar-refractivity contribution in [2.45, 2.75) is 97.3 Å². The van der Waals surface area contributed by atoms with Crippen molar-refractivity contribution >= 4 is 19.1 Å². The number of nitrogens with zero attached hydrogens (tertiary/aromatic N) is 2. The summed E-state index contributed by atoms with van der Waals surface area (Å²) in [6.07, 6.45) is 6.14. The number of carbonyl (C=O) groups excluding carboxylic acids is 2. The fourth-order valence-corrected chi connectivity index (χ4v) is 7.60. The van der Waals surface area contributed by atoms with Crippen LogP contribution in [0.25, 0.3) is 4.85 Å². The zero-order valence-corrected chi connectivity index (χ0v) is 25.4. The summed E-state index contributed by atoms with van der Waals surface area (Å²) in [6.45, 7) is 21.2. The third-order valence-electron chi connectivity index (χ3n) is 9.96. The van der Waals surface area contributed by atoms with Gasteiger partial charge in [-0.2, -0.15) is 0 Å². The number of benzene rings is 1. The summed E-state index contributed by atoms with van der Waals surface area (Å²) in [5.41, 5.74) is 0.847. The van der Waals surface area contributed by atoms with Crippen molar-refractivity contribution < 1.29 is 18.9 Å². The molecule has 5 fully saturated rings. The Morgan fingerprint density at radius 1 is 1.22 bits per heavy atom. The van der Waals surface area contributed by atoms with Gasteiger partial charge in [0.05, 0.1) is 24.2 Å². The van der Waals surface area contributed by atoms with E-state index >= 15 is 0 Å². The SMILES string of the molecule is [C-]#[N+]C(=CC(C)(C)C)C(=O)N1CCC[C@H]1CNC(=O)N[C@@H](Cc1ccccc1)B1O[C@@H]2C[C@@H]3C[C@@H](C3(C)C)[C@]2(C)O1. The van der Waals surface area contributed by atoms with Crippen molar-refractivity contribution in [2.24, 2.45) is 22.7 Å². The molecule has 0 spiro atoms. The first kappa shape index (κ1) is 29.7. The predicted molar refractivity (Wildman–Crippen MR) is 159 cm³/mol. The first-order valence-electron chi connectivity index (χ1n) is 15.1. The second-order valence-electron chi connectivity index (χ2n) is 14.3. The van der Waals surface area contributed by atoms with E-state index in [4.69, 9.17) is 15.9 Å². The average molecular weight is 561 g/mol. The van der Waals surface area contributed by atoms with E-state index in [0.29, 0.717) is 31.3 Å². The van der Waals surface area contributed by atoms with Crippen molar-refractivity contribution in [1.82, 2.24) is 15.5 Å². The van der Waals surface area contributed by atoms with E-state index in [2.05, 4.69) is 48.4 Å². The van der Waals surface area contributed by atoms with Crippen LogP contribution in [0.2, 0.25) is 0 Å². The molecule has 8 nitrogen and oxygen atoms in total. The molecule has 6 rings (SSSR count). The lowest BCUT2D eigenvalue weighted by Gasteiger charge is -2.64. The summed E-state index contributed by atoms with van der Waals surface area (Å²) in [5, 5.41) is 6.16. The van der Waals surface area contributed by atoms with Crippen molar-refractivity contribution in [3.8, 4) is 0 Å².